The molecule has 0 spiro atoms. The van der Waals surface area contributed by atoms with E-state index in [-0.39, 0.29) is 5.92 Å². The van der Waals surface area contributed by atoms with E-state index < -0.39 is 0 Å². The second-order valence-electron chi connectivity index (χ2n) is 7.99. The molecule has 0 bridgehead atoms. The van der Waals surface area contributed by atoms with Gasteiger partial charge in [-0.15, -0.1) is 0 Å². The molecule has 3 nitrogen and oxygen atoms in total. The number of ether oxygens (including phenoxy) is 1. The summed E-state index contributed by atoms with van der Waals surface area (Å²) in [6, 6.07) is 28.8. The highest BCUT2D eigenvalue weighted by molar-refractivity contribution is 5.85. The van der Waals surface area contributed by atoms with Gasteiger partial charge in [0.2, 0.25) is 0 Å². The van der Waals surface area contributed by atoms with Crippen LogP contribution in [0.25, 0.3) is 22.2 Å². The van der Waals surface area contributed by atoms with Crippen molar-refractivity contribution >= 4 is 17.2 Å². The van der Waals surface area contributed by atoms with Crippen molar-refractivity contribution in [2.75, 3.05) is 0 Å². The second-order valence-corrected chi connectivity index (χ2v) is 7.99. The number of pyridine rings is 1. The topological polar surface area (TPSA) is 39.2 Å². The zero-order chi connectivity index (χ0) is 21.5. The molecule has 0 radical (unpaired) electrons. The quantitative estimate of drug-likeness (QED) is 0.291. The van der Waals surface area contributed by atoms with Crippen molar-refractivity contribution in [3.63, 3.8) is 0 Å². The van der Waals surface area contributed by atoms with Crippen LogP contribution in [0.15, 0.2) is 84.9 Å². The average Bonchev–Trinajstić information content (AvgIpc) is 2.83. The summed E-state index contributed by atoms with van der Waals surface area (Å²) in [5, 5.41) is 1.11. The average molecular weight is 410 g/mol. The molecule has 1 aromatic heterocycles. The lowest BCUT2D eigenvalue weighted by molar-refractivity contribution is -0.110. The molecule has 0 amide bonds. The Balaban J connectivity index is 1.48. The molecule has 4 rings (SSSR count). The van der Waals surface area contributed by atoms with Crippen molar-refractivity contribution in [2.24, 2.45) is 5.92 Å². The third kappa shape index (κ3) is 5.37. The van der Waals surface area contributed by atoms with Crippen LogP contribution < -0.4 is 4.74 Å². The zero-order valence-corrected chi connectivity index (χ0v) is 17.8. The molecule has 0 aliphatic rings. The smallest absolute Gasteiger partial charge is 0.122 e. The van der Waals surface area contributed by atoms with Gasteiger partial charge in [0, 0.05) is 22.4 Å². The minimum atomic E-state index is 0.138. The fourth-order valence-electron chi connectivity index (χ4n) is 3.73. The maximum absolute atomic E-state index is 10.7. The van der Waals surface area contributed by atoms with Crippen molar-refractivity contribution in [3.05, 3.63) is 96.1 Å². The SMILES string of the molecule is CC(C=O)CCCc1ccc(OCc2cc(-c3ccccc3)nc3ccccc23)cc1. The molecular weight excluding hydrogens is 382 g/mol. The maximum atomic E-state index is 10.7. The monoisotopic (exact) mass is 409 g/mol. The van der Waals surface area contributed by atoms with E-state index in [0.717, 1.165) is 59.0 Å². The van der Waals surface area contributed by atoms with Gasteiger partial charge in [-0.2, -0.15) is 0 Å². The molecule has 0 saturated carbocycles. The molecule has 3 aromatic carbocycles. The Bertz CT molecular complexity index is 1140. The van der Waals surface area contributed by atoms with E-state index in [0.29, 0.717) is 6.61 Å². The van der Waals surface area contributed by atoms with E-state index in [9.17, 15) is 4.79 Å². The minimum absolute atomic E-state index is 0.138. The number of rotatable bonds is 9. The Hall–Kier alpha value is -3.46. The third-order valence-electron chi connectivity index (χ3n) is 5.55. The number of carbonyl (C=O) groups excluding carboxylic acids is 1. The second kappa shape index (κ2) is 10.0. The summed E-state index contributed by atoms with van der Waals surface area (Å²) in [5.74, 6) is 0.991. The molecule has 31 heavy (non-hydrogen) atoms. The molecule has 0 fully saturated rings. The van der Waals surface area contributed by atoms with Crippen LogP contribution in [0, 0.1) is 5.92 Å². The van der Waals surface area contributed by atoms with Crippen molar-refractivity contribution < 1.29 is 9.53 Å². The first kappa shape index (κ1) is 20.8. The molecule has 0 saturated heterocycles. The number of aryl methyl sites for hydroxylation is 1. The predicted octanol–water partition coefficient (Wildman–Crippen LogP) is 6.64. The fraction of sp³-hybridized carbons (Fsp3) is 0.214. The first-order valence-corrected chi connectivity index (χ1v) is 10.8. The van der Waals surface area contributed by atoms with Gasteiger partial charge in [-0.1, -0.05) is 67.6 Å². The number of hydrogen-bond donors (Lipinski definition) is 0. The lowest BCUT2D eigenvalue weighted by Gasteiger charge is -2.12. The summed E-state index contributed by atoms with van der Waals surface area (Å²) in [5.41, 5.74) is 5.42. The van der Waals surface area contributed by atoms with E-state index in [1.165, 1.54) is 5.56 Å². The molecule has 4 aromatic rings. The van der Waals surface area contributed by atoms with Gasteiger partial charge in [0.15, 0.2) is 0 Å². The largest absolute Gasteiger partial charge is 0.489 e. The highest BCUT2D eigenvalue weighted by Crippen LogP contribution is 2.26. The van der Waals surface area contributed by atoms with Crippen molar-refractivity contribution in [1.29, 1.82) is 0 Å². The number of fused-ring (bicyclic) bond motifs is 1. The molecule has 0 aliphatic carbocycles. The third-order valence-corrected chi connectivity index (χ3v) is 5.55. The Kier molecular flexibility index (Phi) is 6.73. The zero-order valence-electron chi connectivity index (χ0n) is 17.8. The van der Waals surface area contributed by atoms with Crippen LogP contribution >= 0.6 is 0 Å². The molecule has 3 heteroatoms. The van der Waals surface area contributed by atoms with E-state index in [1.54, 1.807) is 0 Å². The van der Waals surface area contributed by atoms with Gasteiger partial charge in [-0.3, -0.25) is 0 Å². The molecule has 1 unspecified atom stereocenters. The number of aldehydes is 1. The first-order valence-electron chi connectivity index (χ1n) is 10.8. The van der Waals surface area contributed by atoms with Crippen LogP contribution in [0.4, 0.5) is 0 Å². The van der Waals surface area contributed by atoms with Gasteiger partial charge in [0.05, 0.1) is 11.2 Å². The standard InChI is InChI=1S/C28H27NO2/c1-21(19-30)8-7-9-22-14-16-25(17-15-22)31-20-24-18-28(23-10-3-2-4-11-23)29-27-13-6-5-12-26(24)27/h2-6,10-19,21H,7-9,20H2,1H3. The van der Waals surface area contributed by atoms with Crippen LogP contribution in [0.1, 0.15) is 30.9 Å². The Morgan fingerprint density at radius 1 is 0.935 bits per heavy atom. The number of para-hydroxylation sites is 1. The first-order chi connectivity index (χ1) is 15.2. The van der Waals surface area contributed by atoms with Crippen LogP contribution in [0.3, 0.4) is 0 Å². The summed E-state index contributed by atoms with van der Waals surface area (Å²) in [6.45, 7) is 2.45. The minimum Gasteiger partial charge on any atom is -0.489 e. The van der Waals surface area contributed by atoms with Gasteiger partial charge in [-0.25, -0.2) is 4.98 Å². The lowest BCUT2D eigenvalue weighted by Crippen LogP contribution is -1.99. The van der Waals surface area contributed by atoms with Crippen molar-refractivity contribution in [1.82, 2.24) is 4.98 Å². The van der Waals surface area contributed by atoms with Gasteiger partial charge in [-0.05, 0) is 49.1 Å². The summed E-state index contributed by atoms with van der Waals surface area (Å²) in [7, 11) is 0. The fourth-order valence-corrected chi connectivity index (χ4v) is 3.73. The van der Waals surface area contributed by atoms with Gasteiger partial charge in [0.1, 0.15) is 18.6 Å². The highest BCUT2D eigenvalue weighted by atomic mass is 16.5. The van der Waals surface area contributed by atoms with E-state index >= 15 is 0 Å². The number of aromatic nitrogens is 1. The molecule has 1 atom stereocenters. The Morgan fingerprint density at radius 2 is 1.68 bits per heavy atom. The maximum Gasteiger partial charge on any atom is 0.122 e. The summed E-state index contributed by atoms with van der Waals surface area (Å²) in [4.78, 5) is 15.6. The number of benzene rings is 3. The molecular formula is C28H27NO2. The van der Waals surface area contributed by atoms with E-state index in [1.807, 2.05) is 55.5 Å². The molecule has 0 aliphatic heterocycles. The molecule has 1 heterocycles. The van der Waals surface area contributed by atoms with Crippen LogP contribution in [-0.4, -0.2) is 11.3 Å². The molecule has 156 valence electrons. The van der Waals surface area contributed by atoms with E-state index in [2.05, 4.69) is 36.4 Å². The Labute approximate surface area is 183 Å². The highest BCUT2D eigenvalue weighted by Gasteiger charge is 2.08. The molecule has 0 N–H and O–H groups in total. The summed E-state index contributed by atoms with van der Waals surface area (Å²) < 4.78 is 6.13. The Morgan fingerprint density at radius 3 is 2.45 bits per heavy atom. The van der Waals surface area contributed by atoms with Crippen LogP contribution in [0.5, 0.6) is 5.75 Å². The normalized spacial score (nSPS) is 11.9. The van der Waals surface area contributed by atoms with E-state index in [4.69, 9.17) is 9.72 Å². The summed E-state index contributed by atoms with van der Waals surface area (Å²) in [6.07, 6.45) is 3.96. The van der Waals surface area contributed by atoms with Gasteiger partial charge in [0.25, 0.3) is 0 Å². The number of carbonyl (C=O) groups is 1. The summed E-state index contributed by atoms with van der Waals surface area (Å²) >= 11 is 0. The van der Waals surface area contributed by atoms with Crippen molar-refractivity contribution in [2.45, 2.75) is 32.8 Å². The lowest BCUT2D eigenvalue weighted by atomic mass is 10.0. The van der Waals surface area contributed by atoms with Crippen LogP contribution in [-0.2, 0) is 17.8 Å². The van der Waals surface area contributed by atoms with Crippen LogP contribution in [0.2, 0.25) is 0 Å². The number of hydrogen-bond acceptors (Lipinski definition) is 3. The number of nitrogens with zero attached hydrogens (tertiary/aromatic N) is 1. The van der Waals surface area contributed by atoms with Gasteiger partial charge < -0.3 is 9.53 Å². The van der Waals surface area contributed by atoms with Crippen molar-refractivity contribution in [3.8, 4) is 17.0 Å². The predicted molar refractivity (Wildman–Crippen MR) is 126 cm³/mol. The van der Waals surface area contributed by atoms with Gasteiger partial charge >= 0.3 is 0 Å².